The van der Waals surface area contributed by atoms with Gasteiger partial charge in [0.2, 0.25) is 0 Å². The highest BCUT2D eigenvalue weighted by atomic mass is 16.5. The fourth-order valence-electron chi connectivity index (χ4n) is 3.80. The lowest BCUT2D eigenvalue weighted by molar-refractivity contribution is -0.0783. The predicted molar refractivity (Wildman–Crippen MR) is 72.2 cm³/mol. The molecule has 1 saturated heterocycles. The number of rotatable bonds is 4. The van der Waals surface area contributed by atoms with Gasteiger partial charge in [-0.25, -0.2) is 0 Å². The Kier molecular flexibility index (Phi) is 3.57. The van der Waals surface area contributed by atoms with E-state index in [2.05, 4.69) is 40.1 Å². The monoisotopic (exact) mass is 239 g/mol. The summed E-state index contributed by atoms with van der Waals surface area (Å²) in [6.45, 7) is 8.98. The van der Waals surface area contributed by atoms with Crippen molar-refractivity contribution in [3.05, 3.63) is 0 Å². The van der Waals surface area contributed by atoms with Gasteiger partial charge in [0, 0.05) is 12.0 Å². The third-order valence-electron chi connectivity index (χ3n) is 4.81. The van der Waals surface area contributed by atoms with Gasteiger partial charge in [-0.05, 0) is 53.5 Å². The molecule has 0 amide bonds. The van der Waals surface area contributed by atoms with Gasteiger partial charge < -0.3 is 10.1 Å². The summed E-state index contributed by atoms with van der Waals surface area (Å²) in [5.41, 5.74) is 0.0593. The number of hydrogen-bond donors (Lipinski definition) is 1. The molecule has 2 aliphatic rings. The summed E-state index contributed by atoms with van der Waals surface area (Å²) in [4.78, 5) is 0. The van der Waals surface area contributed by atoms with E-state index in [1.807, 2.05) is 0 Å². The zero-order chi connectivity index (χ0) is 12.7. The van der Waals surface area contributed by atoms with E-state index in [0.29, 0.717) is 12.0 Å². The molecule has 0 aromatic carbocycles. The standard InChI is InChI=1S/C15H29NO/c1-14(2)10-12(15(3,4)17-14)13(16-5)9-11-7-6-8-11/h11-13,16H,6-10H2,1-5H3. The Balaban J connectivity index is 2.02. The van der Waals surface area contributed by atoms with Gasteiger partial charge >= 0.3 is 0 Å². The zero-order valence-electron chi connectivity index (χ0n) is 12.2. The number of ether oxygens (including phenoxy) is 1. The first kappa shape index (κ1) is 13.4. The highest BCUT2D eigenvalue weighted by Gasteiger charge is 2.49. The van der Waals surface area contributed by atoms with Crippen molar-refractivity contribution in [2.75, 3.05) is 7.05 Å². The van der Waals surface area contributed by atoms with Crippen molar-refractivity contribution in [2.24, 2.45) is 11.8 Å². The molecule has 1 aliphatic heterocycles. The molecule has 2 nitrogen and oxygen atoms in total. The number of nitrogens with one attached hydrogen (secondary N) is 1. The van der Waals surface area contributed by atoms with Crippen LogP contribution < -0.4 is 5.32 Å². The lowest BCUT2D eigenvalue weighted by Crippen LogP contribution is -2.44. The van der Waals surface area contributed by atoms with Crippen molar-refractivity contribution < 1.29 is 4.74 Å². The molecule has 100 valence electrons. The van der Waals surface area contributed by atoms with Gasteiger partial charge in [-0.15, -0.1) is 0 Å². The maximum atomic E-state index is 6.22. The van der Waals surface area contributed by atoms with Crippen molar-refractivity contribution in [1.29, 1.82) is 0 Å². The van der Waals surface area contributed by atoms with Crippen LogP contribution in [0.1, 0.15) is 59.8 Å². The highest BCUT2D eigenvalue weighted by molar-refractivity contribution is 5.00. The third kappa shape index (κ3) is 2.85. The Labute approximate surface area is 107 Å². The maximum absolute atomic E-state index is 6.22. The predicted octanol–water partition coefficient (Wildman–Crippen LogP) is 3.36. The van der Waals surface area contributed by atoms with E-state index in [-0.39, 0.29) is 11.2 Å². The molecule has 2 atom stereocenters. The van der Waals surface area contributed by atoms with Crippen molar-refractivity contribution in [3.8, 4) is 0 Å². The summed E-state index contributed by atoms with van der Waals surface area (Å²) in [7, 11) is 2.12. The van der Waals surface area contributed by atoms with Crippen LogP contribution in [-0.2, 0) is 4.74 Å². The minimum absolute atomic E-state index is 0.0148. The second-order valence-electron chi connectivity index (χ2n) is 7.20. The molecule has 2 heteroatoms. The fourth-order valence-corrected chi connectivity index (χ4v) is 3.80. The molecule has 2 fully saturated rings. The first-order chi connectivity index (χ1) is 7.84. The lowest BCUT2D eigenvalue weighted by atomic mass is 9.74. The van der Waals surface area contributed by atoms with E-state index in [9.17, 15) is 0 Å². The minimum atomic E-state index is 0.0148. The van der Waals surface area contributed by atoms with Gasteiger partial charge in [0.25, 0.3) is 0 Å². The molecular formula is C15H29NO. The quantitative estimate of drug-likeness (QED) is 0.812. The summed E-state index contributed by atoms with van der Waals surface area (Å²) < 4.78 is 6.22. The SMILES string of the molecule is CNC(CC1CCC1)C1CC(C)(C)OC1(C)C. The summed E-state index contributed by atoms with van der Waals surface area (Å²) in [5.74, 6) is 1.61. The Bertz CT molecular complexity index is 268. The van der Waals surface area contributed by atoms with Crippen molar-refractivity contribution in [2.45, 2.75) is 77.0 Å². The molecule has 0 spiro atoms. The fraction of sp³-hybridized carbons (Fsp3) is 1.00. The Morgan fingerprint density at radius 1 is 1.24 bits per heavy atom. The molecule has 0 aromatic heterocycles. The van der Waals surface area contributed by atoms with Crippen molar-refractivity contribution in [3.63, 3.8) is 0 Å². The lowest BCUT2D eigenvalue weighted by Gasteiger charge is -2.37. The second kappa shape index (κ2) is 4.55. The average Bonchev–Trinajstić information content (AvgIpc) is 2.33. The molecule has 2 rings (SSSR count). The minimum Gasteiger partial charge on any atom is -0.369 e. The van der Waals surface area contributed by atoms with E-state index in [1.165, 1.54) is 32.1 Å². The first-order valence-electron chi connectivity index (χ1n) is 7.21. The Hall–Kier alpha value is -0.0800. The normalized spacial score (nSPS) is 33.4. The van der Waals surface area contributed by atoms with Crippen molar-refractivity contribution >= 4 is 0 Å². The Morgan fingerprint density at radius 2 is 1.88 bits per heavy atom. The van der Waals surface area contributed by atoms with Gasteiger partial charge in [0.1, 0.15) is 0 Å². The Morgan fingerprint density at radius 3 is 2.24 bits per heavy atom. The molecule has 1 saturated carbocycles. The average molecular weight is 239 g/mol. The van der Waals surface area contributed by atoms with Crippen LogP contribution in [0.5, 0.6) is 0 Å². The first-order valence-corrected chi connectivity index (χ1v) is 7.21. The van der Waals surface area contributed by atoms with Crippen LogP contribution in [-0.4, -0.2) is 24.3 Å². The van der Waals surface area contributed by atoms with E-state index in [0.717, 1.165) is 5.92 Å². The van der Waals surface area contributed by atoms with Crippen molar-refractivity contribution in [1.82, 2.24) is 5.32 Å². The van der Waals surface area contributed by atoms with Crippen LogP contribution in [0.15, 0.2) is 0 Å². The van der Waals surface area contributed by atoms with Crippen LogP contribution in [0.25, 0.3) is 0 Å². The van der Waals surface area contributed by atoms with E-state index in [4.69, 9.17) is 4.74 Å². The molecule has 1 N–H and O–H groups in total. The van der Waals surface area contributed by atoms with E-state index < -0.39 is 0 Å². The molecule has 0 radical (unpaired) electrons. The van der Waals surface area contributed by atoms with Gasteiger partial charge in [-0.3, -0.25) is 0 Å². The zero-order valence-corrected chi connectivity index (χ0v) is 12.2. The van der Waals surface area contributed by atoms with E-state index in [1.54, 1.807) is 0 Å². The molecule has 1 aliphatic carbocycles. The van der Waals surface area contributed by atoms with Gasteiger partial charge in [-0.2, -0.15) is 0 Å². The van der Waals surface area contributed by atoms with Crippen LogP contribution in [0.3, 0.4) is 0 Å². The number of hydrogen-bond acceptors (Lipinski definition) is 2. The summed E-state index contributed by atoms with van der Waals surface area (Å²) in [6, 6.07) is 0.622. The summed E-state index contributed by atoms with van der Waals surface area (Å²) in [5, 5.41) is 3.56. The maximum Gasteiger partial charge on any atom is 0.0677 e. The van der Waals surface area contributed by atoms with Crippen LogP contribution >= 0.6 is 0 Å². The highest BCUT2D eigenvalue weighted by Crippen LogP contribution is 2.45. The smallest absolute Gasteiger partial charge is 0.0677 e. The molecular weight excluding hydrogens is 210 g/mol. The molecule has 0 aromatic rings. The van der Waals surface area contributed by atoms with Gasteiger partial charge in [-0.1, -0.05) is 19.3 Å². The topological polar surface area (TPSA) is 21.3 Å². The molecule has 17 heavy (non-hydrogen) atoms. The second-order valence-corrected chi connectivity index (χ2v) is 7.20. The largest absolute Gasteiger partial charge is 0.369 e. The molecule has 1 heterocycles. The molecule has 2 unspecified atom stereocenters. The summed E-state index contributed by atoms with van der Waals surface area (Å²) >= 11 is 0. The van der Waals surface area contributed by atoms with E-state index >= 15 is 0 Å². The van der Waals surface area contributed by atoms with Crippen LogP contribution in [0.4, 0.5) is 0 Å². The van der Waals surface area contributed by atoms with Gasteiger partial charge in [0.05, 0.1) is 11.2 Å². The van der Waals surface area contributed by atoms with Gasteiger partial charge in [0.15, 0.2) is 0 Å². The summed E-state index contributed by atoms with van der Waals surface area (Å²) in [6.07, 6.45) is 6.84. The third-order valence-corrected chi connectivity index (χ3v) is 4.81. The van der Waals surface area contributed by atoms with Crippen LogP contribution in [0, 0.1) is 11.8 Å². The molecule has 0 bridgehead atoms. The van der Waals surface area contributed by atoms with Crippen LogP contribution in [0.2, 0.25) is 0 Å².